The maximum Gasteiger partial charge on any atom is 0.247 e. The minimum Gasteiger partial charge on any atom is -0.497 e. The summed E-state index contributed by atoms with van der Waals surface area (Å²) in [7, 11) is 1.65. The monoisotopic (exact) mass is 450 g/mol. The lowest BCUT2D eigenvalue weighted by atomic mass is 10.1. The molecule has 146 valence electrons. The van der Waals surface area contributed by atoms with Crippen LogP contribution in [0.25, 0.3) is 11.5 Å². The van der Waals surface area contributed by atoms with E-state index < -0.39 is 0 Å². The molecule has 0 spiro atoms. The van der Waals surface area contributed by atoms with Crippen molar-refractivity contribution in [3.8, 4) is 23.0 Å². The molecule has 0 aliphatic carbocycles. The largest absolute Gasteiger partial charge is 0.497 e. The molecule has 3 aromatic carbocycles. The number of halogens is 1. The fraction of sp³-hybridized carbons (Fsp3) is 0.130. The van der Waals surface area contributed by atoms with Crippen molar-refractivity contribution in [3.05, 3.63) is 94.3 Å². The van der Waals surface area contributed by atoms with E-state index in [-0.39, 0.29) is 0 Å². The average molecular weight is 451 g/mol. The summed E-state index contributed by atoms with van der Waals surface area (Å²) in [5.41, 5.74) is 2.98. The summed E-state index contributed by atoms with van der Waals surface area (Å²) >= 11 is 3.45. The van der Waals surface area contributed by atoms with E-state index in [4.69, 9.17) is 13.9 Å². The van der Waals surface area contributed by atoms with Crippen molar-refractivity contribution in [2.75, 3.05) is 7.11 Å². The molecule has 0 unspecified atom stereocenters. The van der Waals surface area contributed by atoms with Gasteiger partial charge in [0.2, 0.25) is 11.8 Å². The predicted octanol–water partition coefficient (Wildman–Crippen LogP) is 5.68. The SMILES string of the molecule is COc1ccc(Cc2nnc(-c3cccc(COc4cccc(Br)c4)c3)o2)cc1. The number of ether oxygens (including phenoxy) is 2. The quantitative estimate of drug-likeness (QED) is 0.362. The standard InChI is InChI=1S/C23H19BrN2O3/c1-27-20-10-8-16(9-11-20)13-22-25-26-23(29-22)18-5-2-4-17(12-18)15-28-21-7-3-6-19(24)14-21/h2-12,14H,13,15H2,1H3. The van der Waals surface area contributed by atoms with Crippen LogP contribution in [0.2, 0.25) is 0 Å². The summed E-state index contributed by atoms with van der Waals surface area (Å²) in [4.78, 5) is 0. The molecular weight excluding hydrogens is 432 g/mol. The van der Waals surface area contributed by atoms with Gasteiger partial charge in [0, 0.05) is 10.0 Å². The first kappa shape index (κ1) is 19.2. The zero-order valence-electron chi connectivity index (χ0n) is 15.8. The Labute approximate surface area is 177 Å². The van der Waals surface area contributed by atoms with Crippen LogP contribution in [0.3, 0.4) is 0 Å². The number of methoxy groups -OCH3 is 1. The Morgan fingerprint density at radius 1 is 0.862 bits per heavy atom. The Balaban J connectivity index is 1.44. The second-order valence-electron chi connectivity index (χ2n) is 6.47. The van der Waals surface area contributed by atoms with Crippen LogP contribution in [0.1, 0.15) is 17.0 Å². The van der Waals surface area contributed by atoms with Gasteiger partial charge in [0.05, 0.1) is 13.5 Å². The summed E-state index contributed by atoms with van der Waals surface area (Å²) in [6.07, 6.45) is 0.572. The van der Waals surface area contributed by atoms with Crippen molar-refractivity contribution < 1.29 is 13.9 Å². The van der Waals surface area contributed by atoms with Crippen molar-refractivity contribution >= 4 is 15.9 Å². The first-order valence-corrected chi connectivity index (χ1v) is 9.92. The molecule has 0 amide bonds. The van der Waals surface area contributed by atoms with Crippen molar-refractivity contribution in [1.29, 1.82) is 0 Å². The van der Waals surface area contributed by atoms with E-state index in [0.717, 1.165) is 32.7 Å². The van der Waals surface area contributed by atoms with Crippen LogP contribution in [0, 0.1) is 0 Å². The fourth-order valence-electron chi connectivity index (χ4n) is 2.88. The van der Waals surface area contributed by atoms with E-state index in [1.165, 1.54) is 0 Å². The van der Waals surface area contributed by atoms with Gasteiger partial charge in [-0.2, -0.15) is 0 Å². The van der Waals surface area contributed by atoms with Gasteiger partial charge in [0.15, 0.2) is 0 Å². The van der Waals surface area contributed by atoms with Crippen molar-refractivity contribution in [2.24, 2.45) is 0 Å². The number of hydrogen-bond acceptors (Lipinski definition) is 5. The molecule has 6 heteroatoms. The molecule has 0 aliphatic rings. The molecule has 0 fully saturated rings. The van der Waals surface area contributed by atoms with Crippen LogP contribution >= 0.6 is 15.9 Å². The maximum absolute atomic E-state index is 5.86. The minimum atomic E-state index is 0.455. The molecule has 4 rings (SSSR count). The Hall–Kier alpha value is -3.12. The van der Waals surface area contributed by atoms with Crippen LogP contribution < -0.4 is 9.47 Å². The molecule has 29 heavy (non-hydrogen) atoms. The zero-order chi connectivity index (χ0) is 20.1. The molecule has 0 N–H and O–H groups in total. The Kier molecular flexibility index (Phi) is 5.91. The molecule has 4 aromatic rings. The second kappa shape index (κ2) is 8.92. The van der Waals surface area contributed by atoms with E-state index in [2.05, 4.69) is 26.1 Å². The van der Waals surface area contributed by atoms with Crippen LogP contribution in [0.15, 0.2) is 81.7 Å². The number of benzene rings is 3. The van der Waals surface area contributed by atoms with Gasteiger partial charge in [-0.1, -0.05) is 46.3 Å². The topological polar surface area (TPSA) is 57.4 Å². The highest BCUT2D eigenvalue weighted by Gasteiger charge is 2.10. The highest BCUT2D eigenvalue weighted by atomic mass is 79.9. The predicted molar refractivity (Wildman–Crippen MR) is 114 cm³/mol. The molecule has 0 radical (unpaired) electrons. The van der Waals surface area contributed by atoms with Crippen molar-refractivity contribution in [1.82, 2.24) is 10.2 Å². The van der Waals surface area contributed by atoms with Crippen molar-refractivity contribution in [2.45, 2.75) is 13.0 Å². The lowest BCUT2D eigenvalue weighted by Gasteiger charge is -2.07. The van der Waals surface area contributed by atoms with Gasteiger partial charge < -0.3 is 13.9 Å². The third kappa shape index (κ3) is 5.03. The van der Waals surface area contributed by atoms with Gasteiger partial charge in [0.1, 0.15) is 18.1 Å². The summed E-state index contributed by atoms with van der Waals surface area (Å²) in [6.45, 7) is 0.455. The summed E-state index contributed by atoms with van der Waals surface area (Å²) < 4.78 is 17.9. The highest BCUT2D eigenvalue weighted by molar-refractivity contribution is 9.10. The normalized spacial score (nSPS) is 10.7. The lowest BCUT2D eigenvalue weighted by molar-refractivity contribution is 0.306. The third-order valence-corrected chi connectivity index (χ3v) is 4.85. The minimum absolute atomic E-state index is 0.455. The van der Waals surface area contributed by atoms with E-state index in [0.29, 0.717) is 24.8 Å². The van der Waals surface area contributed by atoms with Crippen molar-refractivity contribution in [3.63, 3.8) is 0 Å². The molecule has 0 aliphatic heterocycles. The molecular formula is C23H19BrN2O3. The summed E-state index contributed by atoms with van der Waals surface area (Å²) in [6, 6.07) is 23.5. The molecule has 0 saturated heterocycles. The van der Waals surface area contributed by atoms with Gasteiger partial charge in [-0.3, -0.25) is 0 Å². The van der Waals surface area contributed by atoms with Gasteiger partial charge in [-0.25, -0.2) is 0 Å². The van der Waals surface area contributed by atoms with Gasteiger partial charge >= 0.3 is 0 Å². The van der Waals surface area contributed by atoms with Crippen LogP contribution in [0.4, 0.5) is 0 Å². The smallest absolute Gasteiger partial charge is 0.247 e. The zero-order valence-corrected chi connectivity index (χ0v) is 17.4. The summed E-state index contributed by atoms with van der Waals surface area (Å²) in [5, 5.41) is 8.38. The highest BCUT2D eigenvalue weighted by Crippen LogP contribution is 2.23. The molecule has 0 atom stereocenters. The van der Waals surface area contributed by atoms with E-state index in [1.54, 1.807) is 7.11 Å². The molecule has 0 bridgehead atoms. The molecule has 0 saturated carbocycles. The Morgan fingerprint density at radius 3 is 2.48 bits per heavy atom. The molecule has 1 aromatic heterocycles. The van der Waals surface area contributed by atoms with Crippen LogP contribution in [-0.2, 0) is 13.0 Å². The lowest BCUT2D eigenvalue weighted by Crippen LogP contribution is -1.95. The van der Waals surface area contributed by atoms with E-state index in [1.807, 2.05) is 72.8 Å². The Bertz CT molecular complexity index is 1090. The number of aromatic nitrogens is 2. The van der Waals surface area contributed by atoms with E-state index in [9.17, 15) is 0 Å². The second-order valence-corrected chi connectivity index (χ2v) is 7.39. The van der Waals surface area contributed by atoms with Crippen LogP contribution in [-0.4, -0.2) is 17.3 Å². The first-order valence-electron chi connectivity index (χ1n) is 9.12. The number of rotatable bonds is 7. The number of nitrogens with zero attached hydrogens (tertiary/aromatic N) is 2. The van der Waals surface area contributed by atoms with Gasteiger partial charge in [0.25, 0.3) is 0 Å². The van der Waals surface area contributed by atoms with Gasteiger partial charge in [-0.05, 0) is 53.6 Å². The first-order chi connectivity index (χ1) is 14.2. The molecule has 1 heterocycles. The fourth-order valence-corrected chi connectivity index (χ4v) is 3.26. The summed E-state index contributed by atoms with van der Waals surface area (Å²) in [5.74, 6) is 2.70. The maximum atomic E-state index is 5.86. The van der Waals surface area contributed by atoms with Crippen LogP contribution in [0.5, 0.6) is 11.5 Å². The molecule has 5 nitrogen and oxygen atoms in total. The van der Waals surface area contributed by atoms with E-state index >= 15 is 0 Å². The third-order valence-electron chi connectivity index (χ3n) is 4.36. The number of hydrogen-bond donors (Lipinski definition) is 0. The average Bonchev–Trinajstić information content (AvgIpc) is 3.22. The Morgan fingerprint density at radius 2 is 1.69 bits per heavy atom. The van der Waals surface area contributed by atoms with Gasteiger partial charge in [-0.15, -0.1) is 10.2 Å².